The Balaban J connectivity index is 0.000000609. The molecule has 0 unspecified atom stereocenters. The molecule has 0 radical (unpaired) electrons. The van der Waals surface area contributed by atoms with Crippen molar-refractivity contribution in [1.29, 1.82) is 0 Å². The van der Waals surface area contributed by atoms with E-state index in [4.69, 9.17) is 20.7 Å². The average Bonchev–Trinajstić information content (AvgIpc) is 2.56. The molecular formula is C16H28N4O5. The Hall–Kier alpha value is -2.42. The van der Waals surface area contributed by atoms with Gasteiger partial charge in [-0.2, -0.15) is 4.98 Å². The molecule has 1 rings (SSSR count). The summed E-state index contributed by atoms with van der Waals surface area (Å²) in [5.41, 5.74) is 5.46. The van der Waals surface area contributed by atoms with Crippen LogP contribution >= 0.6 is 0 Å². The lowest BCUT2D eigenvalue weighted by Crippen LogP contribution is -2.11. The molecule has 0 fully saturated rings. The number of rotatable bonds is 12. The van der Waals surface area contributed by atoms with E-state index in [2.05, 4.69) is 22.2 Å². The van der Waals surface area contributed by atoms with Gasteiger partial charge in [-0.15, -0.1) is 0 Å². The molecule has 9 heteroatoms. The number of aromatic nitrogens is 2. The molecule has 0 amide bonds. The van der Waals surface area contributed by atoms with E-state index in [1.165, 1.54) is 19.3 Å². The van der Waals surface area contributed by atoms with Gasteiger partial charge in [-0.1, -0.05) is 26.2 Å². The Morgan fingerprint density at radius 3 is 2.40 bits per heavy atom. The molecule has 25 heavy (non-hydrogen) atoms. The number of aliphatic carboxylic acids is 2. The van der Waals surface area contributed by atoms with Gasteiger partial charge in [0.1, 0.15) is 5.82 Å². The summed E-state index contributed by atoms with van der Waals surface area (Å²) in [5, 5.41) is 18.9. The van der Waals surface area contributed by atoms with Crippen molar-refractivity contribution in [2.24, 2.45) is 0 Å². The maximum atomic E-state index is 9.64. The molecule has 0 saturated carbocycles. The molecule has 0 spiro atoms. The largest absolute Gasteiger partial charge is 0.481 e. The van der Waals surface area contributed by atoms with Gasteiger partial charge in [0.2, 0.25) is 5.95 Å². The number of carbonyl (C=O) groups is 2. The number of hydrogen-bond acceptors (Lipinski definition) is 7. The summed E-state index contributed by atoms with van der Waals surface area (Å²) < 4.78 is 5.50. The van der Waals surface area contributed by atoms with Crippen molar-refractivity contribution in [2.75, 3.05) is 30.8 Å². The van der Waals surface area contributed by atoms with E-state index in [0.717, 1.165) is 25.4 Å². The van der Waals surface area contributed by atoms with Gasteiger partial charge >= 0.3 is 11.9 Å². The van der Waals surface area contributed by atoms with E-state index in [1.54, 1.807) is 12.3 Å². The molecule has 0 aromatic carbocycles. The van der Waals surface area contributed by atoms with Gasteiger partial charge in [0.15, 0.2) is 0 Å². The zero-order chi connectivity index (χ0) is 18.9. The fraction of sp³-hybridized carbons (Fsp3) is 0.625. The molecular weight excluding hydrogens is 328 g/mol. The highest BCUT2D eigenvalue weighted by atomic mass is 16.5. The molecule has 5 N–H and O–H groups in total. The van der Waals surface area contributed by atoms with Gasteiger partial charge < -0.3 is 26.0 Å². The fourth-order valence-corrected chi connectivity index (χ4v) is 1.67. The van der Waals surface area contributed by atoms with Crippen LogP contribution in [0.3, 0.4) is 0 Å². The number of carboxylic acid groups (broad SMARTS) is 2. The quantitative estimate of drug-likeness (QED) is 0.413. The highest BCUT2D eigenvalue weighted by molar-refractivity contribution is 5.75. The molecule has 0 bridgehead atoms. The SMILES string of the molecule is CCCCCCOCCNc1ccnc(N)n1.O=C(O)CCC(=O)O. The number of nitrogen functional groups attached to an aromatic ring is 1. The second-order valence-corrected chi connectivity index (χ2v) is 5.19. The molecule has 9 nitrogen and oxygen atoms in total. The minimum Gasteiger partial charge on any atom is -0.481 e. The maximum Gasteiger partial charge on any atom is 0.303 e. The number of hydrogen-bond donors (Lipinski definition) is 4. The molecule has 0 atom stereocenters. The van der Waals surface area contributed by atoms with Gasteiger partial charge in [-0.25, -0.2) is 4.98 Å². The average molecular weight is 356 g/mol. The summed E-state index contributed by atoms with van der Waals surface area (Å²) in [6, 6.07) is 1.79. The van der Waals surface area contributed by atoms with E-state index in [9.17, 15) is 9.59 Å². The van der Waals surface area contributed by atoms with E-state index in [-0.39, 0.29) is 18.8 Å². The van der Waals surface area contributed by atoms with E-state index < -0.39 is 11.9 Å². The zero-order valence-corrected chi connectivity index (χ0v) is 14.6. The van der Waals surface area contributed by atoms with Crippen LogP contribution in [-0.4, -0.2) is 51.9 Å². The summed E-state index contributed by atoms with van der Waals surface area (Å²) >= 11 is 0. The monoisotopic (exact) mass is 356 g/mol. The van der Waals surface area contributed by atoms with E-state index >= 15 is 0 Å². The van der Waals surface area contributed by atoms with Crippen molar-refractivity contribution in [3.05, 3.63) is 12.3 Å². The number of nitrogens with one attached hydrogen (secondary N) is 1. The lowest BCUT2D eigenvalue weighted by Gasteiger charge is -2.06. The highest BCUT2D eigenvalue weighted by Crippen LogP contribution is 2.02. The normalized spacial score (nSPS) is 9.80. The van der Waals surface area contributed by atoms with Crippen LogP contribution < -0.4 is 11.1 Å². The number of nitrogens with zero attached hydrogens (tertiary/aromatic N) is 2. The third-order valence-corrected chi connectivity index (χ3v) is 2.92. The first kappa shape index (κ1) is 22.6. The highest BCUT2D eigenvalue weighted by Gasteiger charge is 2.00. The second-order valence-electron chi connectivity index (χ2n) is 5.19. The lowest BCUT2D eigenvalue weighted by molar-refractivity contribution is -0.143. The van der Waals surface area contributed by atoms with Crippen LogP contribution in [0.1, 0.15) is 45.4 Å². The molecule has 0 aliphatic carbocycles. The van der Waals surface area contributed by atoms with Crippen LogP contribution in [0.15, 0.2) is 12.3 Å². The first-order valence-corrected chi connectivity index (χ1v) is 8.29. The summed E-state index contributed by atoms with van der Waals surface area (Å²) in [5.74, 6) is -1.12. The Morgan fingerprint density at radius 1 is 1.16 bits per heavy atom. The van der Waals surface area contributed by atoms with Crippen LogP contribution in [-0.2, 0) is 14.3 Å². The van der Waals surface area contributed by atoms with Crippen molar-refractivity contribution in [2.45, 2.75) is 45.4 Å². The zero-order valence-electron chi connectivity index (χ0n) is 14.6. The van der Waals surface area contributed by atoms with Crippen molar-refractivity contribution in [3.8, 4) is 0 Å². The maximum absolute atomic E-state index is 9.64. The molecule has 142 valence electrons. The summed E-state index contributed by atoms with van der Waals surface area (Å²) in [4.78, 5) is 27.1. The molecule has 0 saturated heterocycles. The van der Waals surface area contributed by atoms with Crippen LogP contribution in [0.5, 0.6) is 0 Å². The Morgan fingerprint density at radius 2 is 1.84 bits per heavy atom. The standard InChI is InChI=1S/C12H22N4O.C4H6O4/c1-2-3-4-5-9-17-10-8-14-11-6-7-15-12(13)16-11;5-3(6)1-2-4(7)8/h6-7H,2-5,8-10H2,1H3,(H3,13,14,15,16);1-2H2,(H,5,6)(H,7,8). The van der Waals surface area contributed by atoms with E-state index in [1.807, 2.05) is 0 Å². The lowest BCUT2D eigenvalue weighted by atomic mass is 10.2. The number of carboxylic acids is 2. The first-order chi connectivity index (χ1) is 12.0. The van der Waals surface area contributed by atoms with Gasteiger partial charge in [0.25, 0.3) is 0 Å². The summed E-state index contributed by atoms with van der Waals surface area (Å²) in [6.07, 6.45) is 6.00. The van der Waals surface area contributed by atoms with Gasteiger partial charge in [-0.05, 0) is 12.5 Å². The summed E-state index contributed by atoms with van der Waals surface area (Å²) in [7, 11) is 0. The van der Waals surface area contributed by atoms with Crippen LogP contribution in [0.2, 0.25) is 0 Å². The van der Waals surface area contributed by atoms with Crippen LogP contribution in [0.25, 0.3) is 0 Å². The van der Waals surface area contributed by atoms with Crippen molar-refractivity contribution < 1.29 is 24.5 Å². The van der Waals surface area contributed by atoms with Gasteiger partial charge in [0, 0.05) is 19.3 Å². The molecule has 0 aliphatic heterocycles. The third kappa shape index (κ3) is 16.2. The number of unbranched alkanes of at least 4 members (excludes halogenated alkanes) is 3. The van der Waals surface area contributed by atoms with Gasteiger partial charge in [0.05, 0.1) is 19.4 Å². The Bertz CT molecular complexity index is 485. The van der Waals surface area contributed by atoms with Crippen LogP contribution in [0, 0.1) is 0 Å². The predicted octanol–water partition coefficient (Wildman–Crippen LogP) is 2.00. The topological polar surface area (TPSA) is 148 Å². The molecule has 1 heterocycles. The van der Waals surface area contributed by atoms with Crippen molar-refractivity contribution >= 4 is 23.7 Å². The van der Waals surface area contributed by atoms with Crippen LogP contribution in [0.4, 0.5) is 11.8 Å². The van der Waals surface area contributed by atoms with Crippen molar-refractivity contribution in [1.82, 2.24) is 9.97 Å². The number of anilines is 2. The predicted molar refractivity (Wildman–Crippen MR) is 94.4 cm³/mol. The third-order valence-electron chi connectivity index (χ3n) is 2.92. The smallest absolute Gasteiger partial charge is 0.303 e. The molecule has 1 aromatic rings. The molecule has 1 aromatic heterocycles. The Labute approximate surface area is 147 Å². The van der Waals surface area contributed by atoms with Gasteiger partial charge in [-0.3, -0.25) is 9.59 Å². The minimum absolute atomic E-state index is 0.287. The van der Waals surface area contributed by atoms with Crippen molar-refractivity contribution in [3.63, 3.8) is 0 Å². The fourth-order valence-electron chi connectivity index (χ4n) is 1.67. The summed E-state index contributed by atoms with van der Waals surface area (Å²) in [6.45, 7) is 4.48. The number of nitrogens with two attached hydrogens (primary N) is 1. The first-order valence-electron chi connectivity index (χ1n) is 8.29. The molecule has 0 aliphatic rings. The second kappa shape index (κ2) is 15.1. The minimum atomic E-state index is -1.08. The Kier molecular flexibility index (Phi) is 13.7. The number of ether oxygens (including phenoxy) is 1. The van der Waals surface area contributed by atoms with E-state index in [0.29, 0.717) is 6.61 Å².